The van der Waals surface area contributed by atoms with Crippen molar-refractivity contribution < 1.29 is 0 Å². The highest BCUT2D eigenvalue weighted by molar-refractivity contribution is 4.79. The number of hydrogen-bond donors (Lipinski definition) is 2. The van der Waals surface area contributed by atoms with E-state index in [-0.39, 0.29) is 0 Å². The first-order chi connectivity index (χ1) is 9.16. The molecule has 3 heteroatoms. The lowest BCUT2D eigenvalue weighted by Gasteiger charge is -2.35. The van der Waals surface area contributed by atoms with Gasteiger partial charge in [0.05, 0.1) is 0 Å². The second-order valence-electron chi connectivity index (χ2n) is 7.31. The van der Waals surface area contributed by atoms with Crippen LogP contribution in [0.2, 0.25) is 0 Å². The molecule has 112 valence electrons. The molecule has 19 heavy (non-hydrogen) atoms. The number of hydrogen-bond acceptors (Lipinski definition) is 3. The predicted octanol–water partition coefficient (Wildman–Crippen LogP) is 2.09. The standard InChI is InChI=1S/C16H33N3/c1-16(2,14-19-11-9-17-10-12-19)13-18-8-7-15-5-3-4-6-15/h15,17-18H,3-14H2,1-2H3. The quantitative estimate of drug-likeness (QED) is 0.692. The Bertz CT molecular complexity index is 240. The zero-order valence-electron chi connectivity index (χ0n) is 13.0. The lowest BCUT2D eigenvalue weighted by atomic mass is 9.92. The Morgan fingerprint density at radius 3 is 2.53 bits per heavy atom. The van der Waals surface area contributed by atoms with Crippen LogP contribution in [0.25, 0.3) is 0 Å². The van der Waals surface area contributed by atoms with Gasteiger partial charge in [0.15, 0.2) is 0 Å². The molecule has 0 aromatic rings. The molecule has 1 aliphatic carbocycles. The summed E-state index contributed by atoms with van der Waals surface area (Å²) in [5.74, 6) is 1.02. The van der Waals surface area contributed by atoms with Crippen molar-refractivity contribution >= 4 is 0 Å². The summed E-state index contributed by atoms with van der Waals surface area (Å²) in [6.07, 6.45) is 7.29. The molecule has 0 spiro atoms. The van der Waals surface area contributed by atoms with Crippen LogP contribution < -0.4 is 10.6 Å². The van der Waals surface area contributed by atoms with Gasteiger partial charge in [0.2, 0.25) is 0 Å². The minimum absolute atomic E-state index is 0.396. The fraction of sp³-hybridized carbons (Fsp3) is 1.00. The van der Waals surface area contributed by atoms with E-state index in [9.17, 15) is 0 Å². The minimum Gasteiger partial charge on any atom is -0.316 e. The van der Waals surface area contributed by atoms with E-state index in [1.165, 1.54) is 58.3 Å². The van der Waals surface area contributed by atoms with Crippen molar-refractivity contribution in [1.29, 1.82) is 0 Å². The van der Waals surface area contributed by atoms with Crippen molar-refractivity contribution in [3.8, 4) is 0 Å². The summed E-state index contributed by atoms with van der Waals surface area (Å²) >= 11 is 0. The van der Waals surface area contributed by atoms with Crippen LogP contribution in [0.3, 0.4) is 0 Å². The summed E-state index contributed by atoms with van der Waals surface area (Å²) in [5.41, 5.74) is 0.396. The van der Waals surface area contributed by atoms with Gasteiger partial charge in [0.25, 0.3) is 0 Å². The monoisotopic (exact) mass is 267 g/mol. The molecule has 2 fully saturated rings. The topological polar surface area (TPSA) is 27.3 Å². The summed E-state index contributed by atoms with van der Waals surface area (Å²) in [7, 11) is 0. The van der Waals surface area contributed by atoms with E-state index in [0.29, 0.717) is 5.41 Å². The van der Waals surface area contributed by atoms with Gasteiger partial charge in [0, 0.05) is 39.3 Å². The number of nitrogens with one attached hydrogen (secondary N) is 2. The van der Waals surface area contributed by atoms with Gasteiger partial charge in [-0.3, -0.25) is 0 Å². The molecule has 2 rings (SSSR count). The van der Waals surface area contributed by atoms with Crippen LogP contribution in [0.1, 0.15) is 46.0 Å². The number of rotatable bonds is 7. The molecule has 2 N–H and O–H groups in total. The number of nitrogens with zero attached hydrogens (tertiary/aromatic N) is 1. The Morgan fingerprint density at radius 2 is 1.84 bits per heavy atom. The maximum Gasteiger partial charge on any atom is 0.0108 e. The Kier molecular flexibility index (Phi) is 6.11. The summed E-state index contributed by atoms with van der Waals surface area (Å²) in [6, 6.07) is 0. The Morgan fingerprint density at radius 1 is 1.16 bits per heavy atom. The maximum absolute atomic E-state index is 3.70. The summed E-state index contributed by atoms with van der Waals surface area (Å²) in [6.45, 7) is 13.1. The highest BCUT2D eigenvalue weighted by atomic mass is 15.2. The van der Waals surface area contributed by atoms with E-state index in [1.807, 2.05) is 0 Å². The van der Waals surface area contributed by atoms with Crippen molar-refractivity contribution in [3.63, 3.8) is 0 Å². The molecule has 0 aromatic heterocycles. The second-order valence-corrected chi connectivity index (χ2v) is 7.31. The van der Waals surface area contributed by atoms with Crippen LogP contribution in [-0.2, 0) is 0 Å². The third kappa shape index (κ3) is 5.80. The van der Waals surface area contributed by atoms with Gasteiger partial charge in [-0.05, 0) is 24.3 Å². The van der Waals surface area contributed by atoms with Gasteiger partial charge >= 0.3 is 0 Å². The molecule has 0 aromatic carbocycles. The van der Waals surface area contributed by atoms with Gasteiger partial charge in [-0.15, -0.1) is 0 Å². The molecule has 1 heterocycles. The van der Waals surface area contributed by atoms with Crippen molar-refractivity contribution in [2.75, 3.05) is 45.8 Å². The maximum atomic E-state index is 3.70. The molecule has 1 saturated heterocycles. The molecule has 1 aliphatic heterocycles. The molecule has 0 unspecified atom stereocenters. The Hall–Kier alpha value is -0.120. The minimum atomic E-state index is 0.396. The molecule has 0 bridgehead atoms. The average molecular weight is 267 g/mol. The highest BCUT2D eigenvalue weighted by Gasteiger charge is 2.22. The summed E-state index contributed by atoms with van der Waals surface area (Å²) < 4.78 is 0. The smallest absolute Gasteiger partial charge is 0.0108 e. The van der Waals surface area contributed by atoms with E-state index in [1.54, 1.807) is 0 Å². The van der Waals surface area contributed by atoms with Crippen LogP contribution in [0.5, 0.6) is 0 Å². The van der Waals surface area contributed by atoms with Gasteiger partial charge < -0.3 is 15.5 Å². The lowest BCUT2D eigenvalue weighted by molar-refractivity contribution is 0.158. The van der Waals surface area contributed by atoms with Gasteiger partial charge in [-0.1, -0.05) is 39.5 Å². The molecule has 3 nitrogen and oxygen atoms in total. The normalized spacial score (nSPS) is 23.1. The summed E-state index contributed by atoms with van der Waals surface area (Å²) in [4.78, 5) is 2.61. The second kappa shape index (κ2) is 7.61. The van der Waals surface area contributed by atoms with Crippen molar-refractivity contribution in [3.05, 3.63) is 0 Å². The first-order valence-electron chi connectivity index (χ1n) is 8.29. The fourth-order valence-electron chi connectivity index (χ4n) is 3.56. The zero-order valence-corrected chi connectivity index (χ0v) is 13.0. The first-order valence-corrected chi connectivity index (χ1v) is 8.29. The third-order valence-electron chi connectivity index (χ3n) is 4.67. The molecular formula is C16H33N3. The van der Waals surface area contributed by atoms with E-state index in [0.717, 1.165) is 25.6 Å². The van der Waals surface area contributed by atoms with Gasteiger partial charge in [0.1, 0.15) is 0 Å². The van der Waals surface area contributed by atoms with Crippen molar-refractivity contribution in [2.45, 2.75) is 46.0 Å². The molecule has 2 aliphatic rings. The SMILES string of the molecule is CC(C)(CNCCC1CCCC1)CN1CCNCC1. The largest absolute Gasteiger partial charge is 0.316 e. The average Bonchev–Trinajstić information content (AvgIpc) is 2.88. The van der Waals surface area contributed by atoms with Crippen LogP contribution in [0.4, 0.5) is 0 Å². The molecule has 1 saturated carbocycles. The first kappa shape index (κ1) is 15.3. The van der Waals surface area contributed by atoms with Gasteiger partial charge in [-0.25, -0.2) is 0 Å². The third-order valence-corrected chi connectivity index (χ3v) is 4.67. The highest BCUT2D eigenvalue weighted by Crippen LogP contribution is 2.27. The van der Waals surface area contributed by atoms with Crippen LogP contribution >= 0.6 is 0 Å². The van der Waals surface area contributed by atoms with Crippen LogP contribution in [0, 0.1) is 11.3 Å². The molecule has 0 atom stereocenters. The molecule has 0 amide bonds. The van der Waals surface area contributed by atoms with E-state index in [4.69, 9.17) is 0 Å². The Labute approximate surface area is 119 Å². The molecular weight excluding hydrogens is 234 g/mol. The van der Waals surface area contributed by atoms with E-state index >= 15 is 0 Å². The summed E-state index contributed by atoms with van der Waals surface area (Å²) in [5, 5.41) is 7.13. The molecule has 0 radical (unpaired) electrons. The lowest BCUT2D eigenvalue weighted by Crippen LogP contribution is -2.48. The van der Waals surface area contributed by atoms with Gasteiger partial charge in [-0.2, -0.15) is 0 Å². The number of piperazine rings is 1. The van der Waals surface area contributed by atoms with E-state index in [2.05, 4.69) is 29.4 Å². The van der Waals surface area contributed by atoms with Crippen molar-refractivity contribution in [2.24, 2.45) is 11.3 Å². The van der Waals surface area contributed by atoms with Crippen LogP contribution in [-0.4, -0.2) is 50.7 Å². The predicted molar refractivity (Wildman–Crippen MR) is 82.5 cm³/mol. The fourth-order valence-corrected chi connectivity index (χ4v) is 3.56. The zero-order chi connectivity index (χ0) is 13.6. The van der Waals surface area contributed by atoms with Crippen LogP contribution in [0.15, 0.2) is 0 Å². The van der Waals surface area contributed by atoms with E-state index < -0.39 is 0 Å². The Balaban J connectivity index is 1.57. The van der Waals surface area contributed by atoms with Crippen molar-refractivity contribution in [1.82, 2.24) is 15.5 Å².